The number of benzene rings is 1. The van der Waals surface area contributed by atoms with Crippen molar-refractivity contribution < 1.29 is 54.3 Å². The number of nitrogens with zero attached hydrogens (tertiary/aromatic N) is 1. The molecule has 2 rings (SSSR count). The molecule has 6 atom stereocenters. The largest absolute Gasteiger partial charge is 0.493 e. The third kappa shape index (κ3) is 6.18. The molecule has 34 heavy (non-hydrogen) atoms. The van der Waals surface area contributed by atoms with E-state index in [0.717, 1.165) is 6.92 Å². The van der Waals surface area contributed by atoms with Crippen LogP contribution in [0.25, 0.3) is 6.08 Å². The Kier molecular flexibility index (Phi) is 8.89. The average Bonchev–Trinajstić information content (AvgIpc) is 2.78. The number of aliphatic hydroxyl groups is 4. The lowest BCUT2D eigenvalue weighted by Crippen LogP contribution is -2.68. The van der Waals surface area contributed by atoms with Gasteiger partial charge < -0.3 is 45.1 Å². The van der Waals surface area contributed by atoms with Crippen molar-refractivity contribution in [3.8, 4) is 11.5 Å². The maximum atomic E-state index is 12.2. The van der Waals surface area contributed by atoms with Gasteiger partial charge in [-0.2, -0.15) is 0 Å². The minimum Gasteiger partial charge on any atom is -0.493 e. The van der Waals surface area contributed by atoms with Gasteiger partial charge in [0.2, 0.25) is 12.1 Å². The lowest BCUT2D eigenvalue weighted by atomic mass is 9.88. The standard InChI is InChI=1S/C20H26N2O12/c1-10(24)21-16-12(25)8-20(19(28)29,34-18(16)17(27)13(26)9-23)33-14-4-3-11(5-6-22(30)31)7-15(14)32-2/h3-7,12-13,16-18,23,25-27H,8-9H2,1-2H3,(H,21,24)(H,28,29)/t12-,13+,16+,17+,18+,20-/m0/s1. The van der Waals surface area contributed by atoms with E-state index in [1.807, 2.05) is 0 Å². The number of methoxy groups -OCH3 is 1. The molecule has 0 saturated carbocycles. The van der Waals surface area contributed by atoms with Crippen LogP contribution in [0.15, 0.2) is 24.4 Å². The summed E-state index contributed by atoms with van der Waals surface area (Å²) in [6.07, 6.45) is -5.89. The number of carbonyl (C=O) groups excluding carboxylic acids is 1. The van der Waals surface area contributed by atoms with Gasteiger partial charge in [0.15, 0.2) is 11.5 Å². The van der Waals surface area contributed by atoms with Crippen LogP contribution in [0.3, 0.4) is 0 Å². The van der Waals surface area contributed by atoms with Gasteiger partial charge in [-0.1, -0.05) is 6.07 Å². The normalized spacial score (nSPS) is 26.5. The Hall–Kier alpha value is -3.30. The van der Waals surface area contributed by atoms with Gasteiger partial charge in [-0.3, -0.25) is 14.9 Å². The second-order valence-electron chi connectivity index (χ2n) is 7.49. The topological polar surface area (TPSA) is 218 Å². The molecule has 0 spiro atoms. The fraction of sp³-hybridized carbons (Fsp3) is 0.500. The van der Waals surface area contributed by atoms with Crippen molar-refractivity contribution in [1.29, 1.82) is 0 Å². The quantitative estimate of drug-likeness (QED) is 0.164. The van der Waals surface area contributed by atoms with Crippen LogP contribution in [-0.4, -0.2) is 92.3 Å². The van der Waals surface area contributed by atoms with E-state index in [4.69, 9.17) is 14.2 Å². The molecule has 1 saturated heterocycles. The molecule has 1 fully saturated rings. The molecule has 1 aliphatic heterocycles. The summed E-state index contributed by atoms with van der Waals surface area (Å²) in [6, 6.07) is 2.61. The number of rotatable bonds is 10. The molecule has 14 heteroatoms. The SMILES string of the molecule is COc1cc(C=C[N+](=O)[O-])ccc1O[C@@]1(C(=O)O)C[C@H](O)[C@@H](NC(C)=O)[C@H]([C@H](O)[C@H](O)CO)O1. The third-order valence-electron chi connectivity index (χ3n) is 5.04. The van der Waals surface area contributed by atoms with E-state index in [1.165, 1.54) is 31.4 Å². The van der Waals surface area contributed by atoms with Crippen LogP contribution < -0.4 is 14.8 Å². The highest BCUT2D eigenvalue weighted by Crippen LogP contribution is 2.38. The zero-order chi connectivity index (χ0) is 25.6. The molecule has 0 bridgehead atoms. The number of carboxylic acid groups (broad SMARTS) is 1. The molecule has 1 heterocycles. The van der Waals surface area contributed by atoms with E-state index >= 15 is 0 Å². The first-order valence-electron chi connectivity index (χ1n) is 9.96. The molecule has 1 aliphatic rings. The van der Waals surface area contributed by atoms with Crippen LogP contribution in [0.1, 0.15) is 18.9 Å². The fourth-order valence-corrected chi connectivity index (χ4v) is 3.43. The van der Waals surface area contributed by atoms with E-state index in [2.05, 4.69) is 5.32 Å². The van der Waals surface area contributed by atoms with Gasteiger partial charge in [0.05, 0.1) is 37.2 Å². The first-order valence-corrected chi connectivity index (χ1v) is 9.96. The number of ether oxygens (including phenoxy) is 3. The second kappa shape index (κ2) is 11.2. The van der Waals surface area contributed by atoms with Crippen LogP contribution in [0.5, 0.6) is 11.5 Å². The number of nitro groups is 1. The zero-order valence-electron chi connectivity index (χ0n) is 18.2. The first kappa shape index (κ1) is 26.9. The third-order valence-corrected chi connectivity index (χ3v) is 5.04. The van der Waals surface area contributed by atoms with Crippen molar-refractivity contribution in [3.05, 3.63) is 40.1 Å². The molecule has 0 radical (unpaired) electrons. The molecule has 0 aliphatic carbocycles. The summed E-state index contributed by atoms with van der Waals surface area (Å²) in [7, 11) is 1.24. The highest BCUT2D eigenvalue weighted by Gasteiger charge is 2.57. The molecule has 188 valence electrons. The van der Waals surface area contributed by atoms with Crippen LogP contribution >= 0.6 is 0 Å². The number of amides is 1. The van der Waals surface area contributed by atoms with Crippen molar-refractivity contribution >= 4 is 18.0 Å². The molecule has 1 aromatic rings. The molecule has 1 aromatic carbocycles. The van der Waals surface area contributed by atoms with Gasteiger partial charge in [-0.05, 0) is 17.7 Å². The van der Waals surface area contributed by atoms with Gasteiger partial charge in [0, 0.05) is 13.0 Å². The fourth-order valence-electron chi connectivity index (χ4n) is 3.43. The number of carboxylic acids is 1. The Labute approximate surface area is 193 Å². The van der Waals surface area contributed by atoms with E-state index in [1.54, 1.807) is 0 Å². The summed E-state index contributed by atoms with van der Waals surface area (Å²) in [5.74, 6) is -5.15. The van der Waals surface area contributed by atoms with Gasteiger partial charge in [0.1, 0.15) is 18.3 Å². The van der Waals surface area contributed by atoms with Gasteiger partial charge in [0.25, 0.3) is 0 Å². The zero-order valence-corrected chi connectivity index (χ0v) is 18.2. The second-order valence-corrected chi connectivity index (χ2v) is 7.49. The lowest BCUT2D eigenvalue weighted by molar-refractivity contribution is -0.400. The summed E-state index contributed by atoms with van der Waals surface area (Å²) in [5.41, 5.74) is 0.333. The molecule has 0 aromatic heterocycles. The average molecular weight is 486 g/mol. The Bertz CT molecular complexity index is 938. The lowest BCUT2D eigenvalue weighted by Gasteiger charge is -2.46. The van der Waals surface area contributed by atoms with Gasteiger partial charge in [-0.25, -0.2) is 4.79 Å². The van der Waals surface area contributed by atoms with Gasteiger partial charge in [-0.15, -0.1) is 0 Å². The van der Waals surface area contributed by atoms with Crippen molar-refractivity contribution in [2.24, 2.45) is 0 Å². The summed E-state index contributed by atoms with van der Waals surface area (Å²) in [6.45, 7) is 0.200. The Morgan fingerprint density at radius 1 is 1.38 bits per heavy atom. The number of hydrogen-bond donors (Lipinski definition) is 6. The number of aliphatic carboxylic acids is 1. The predicted octanol–water partition coefficient (Wildman–Crippen LogP) is -1.53. The Balaban J connectivity index is 2.47. The number of hydrogen-bond acceptors (Lipinski definition) is 11. The molecule has 1 amide bonds. The Morgan fingerprint density at radius 3 is 2.59 bits per heavy atom. The van der Waals surface area contributed by atoms with Crippen molar-refractivity contribution in [2.75, 3.05) is 13.7 Å². The van der Waals surface area contributed by atoms with E-state index in [-0.39, 0.29) is 11.5 Å². The summed E-state index contributed by atoms with van der Waals surface area (Å²) >= 11 is 0. The van der Waals surface area contributed by atoms with Gasteiger partial charge >= 0.3 is 11.8 Å². The van der Waals surface area contributed by atoms with Crippen molar-refractivity contribution in [2.45, 2.75) is 49.6 Å². The molecule has 14 nitrogen and oxygen atoms in total. The number of carbonyl (C=O) groups is 2. The van der Waals surface area contributed by atoms with Crippen molar-refractivity contribution in [1.82, 2.24) is 5.32 Å². The highest BCUT2D eigenvalue weighted by molar-refractivity contribution is 5.77. The molecular weight excluding hydrogens is 460 g/mol. The number of aliphatic hydroxyl groups excluding tert-OH is 4. The summed E-state index contributed by atoms with van der Waals surface area (Å²) in [4.78, 5) is 33.7. The van der Waals surface area contributed by atoms with E-state index < -0.39 is 66.1 Å². The first-order chi connectivity index (χ1) is 15.9. The van der Waals surface area contributed by atoms with E-state index in [9.17, 15) is 45.2 Å². The maximum absolute atomic E-state index is 12.2. The summed E-state index contributed by atoms with van der Waals surface area (Å²) in [5, 5.41) is 62.9. The molecular formula is C20H26N2O12. The van der Waals surface area contributed by atoms with E-state index in [0.29, 0.717) is 11.8 Å². The highest BCUT2D eigenvalue weighted by atomic mass is 16.7. The predicted molar refractivity (Wildman–Crippen MR) is 112 cm³/mol. The summed E-state index contributed by atoms with van der Waals surface area (Å²) < 4.78 is 16.3. The monoisotopic (exact) mass is 486 g/mol. The maximum Gasteiger partial charge on any atom is 0.377 e. The minimum atomic E-state index is -2.61. The van der Waals surface area contributed by atoms with Crippen LogP contribution in [0, 0.1) is 10.1 Å². The number of nitrogens with one attached hydrogen (secondary N) is 1. The smallest absolute Gasteiger partial charge is 0.377 e. The molecule has 0 unspecified atom stereocenters. The van der Waals surface area contributed by atoms with Crippen LogP contribution in [-0.2, 0) is 14.3 Å². The van der Waals surface area contributed by atoms with Crippen LogP contribution in [0.2, 0.25) is 0 Å². The molecule has 6 N–H and O–H groups in total. The Morgan fingerprint density at radius 2 is 2.06 bits per heavy atom. The minimum absolute atomic E-state index is 0.0271. The van der Waals surface area contributed by atoms with Crippen LogP contribution in [0.4, 0.5) is 0 Å². The van der Waals surface area contributed by atoms with Crippen molar-refractivity contribution in [3.63, 3.8) is 0 Å².